The molecule has 0 aliphatic carbocycles. The molecule has 0 saturated carbocycles. The zero-order valence-electron chi connectivity index (χ0n) is 8.21. The van der Waals surface area contributed by atoms with Crippen LogP contribution in [0.2, 0.25) is 0 Å². The van der Waals surface area contributed by atoms with Gasteiger partial charge < -0.3 is 14.7 Å². The van der Waals surface area contributed by atoms with Crippen molar-refractivity contribution < 1.29 is 9.84 Å². The molecular weight excluding hydrogens is 154 g/mol. The second-order valence-electron chi connectivity index (χ2n) is 2.37. The molecule has 0 spiro atoms. The second-order valence-corrected chi connectivity index (χ2v) is 2.37. The van der Waals surface area contributed by atoms with Crippen molar-refractivity contribution in [3.8, 4) is 0 Å². The first kappa shape index (κ1) is 11.3. The van der Waals surface area contributed by atoms with E-state index in [9.17, 15) is 0 Å². The second kappa shape index (κ2) is 6.98. The minimum absolute atomic E-state index is 0.0681. The van der Waals surface area contributed by atoms with E-state index >= 15 is 0 Å². The summed E-state index contributed by atoms with van der Waals surface area (Å²) in [6.45, 7) is 8.40. The van der Waals surface area contributed by atoms with Gasteiger partial charge >= 0.3 is 0 Å². The number of nitrogens with zero attached hydrogens (tertiary/aromatic N) is 1. The summed E-state index contributed by atoms with van der Waals surface area (Å²) in [6, 6.07) is 0. The minimum Gasteiger partial charge on any atom is -0.477 e. The van der Waals surface area contributed by atoms with Crippen LogP contribution in [0, 0.1) is 0 Å². The standard InChI is InChI=1S/C9H19NO2/c1-4-9(12-8-7-11)10(5-2)6-3/h4,11H,5-8H2,1-3H3/b9-4+. The average Bonchev–Trinajstić information content (AvgIpc) is 2.12. The van der Waals surface area contributed by atoms with Crippen LogP contribution < -0.4 is 0 Å². The molecule has 0 atom stereocenters. The summed E-state index contributed by atoms with van der Waals surface area (Å²) in [7, 11) is 0. The van der Waals surface area contributed by atoms with Gasteiger partial charge in [-0.15, -0.1) is 0 Å². The van der Waals surface area contributed by atoms with Gasteiger partial charge in [-0.05, 0) is 26.8 Å². The number of hydrogen-bond donors (Lipinski definition) is 1. The highest BCUT2D eigenvalue weighted by Crippen LogP contribution is 2.04. The van der Waals surface area contributed by atoms with Crippen LogP contribution >= 0.6 is 0 Å². The zero-order chi connectivity index (χ0) is 9.40. The molecule has 0 heterocycles. The molecule has 0 radical (unpaired) electrons. The lowest BCUT2D eigenvalue weighted by Gasteiger charge is -2.23. The highest BCUT2D eigenvalue weighted by atomic mass is 16.5. The van der Waals surface area contributed by atoms with Gasteiger partial charge in [0.25, 0.3) is 0 Å². The molecule has 3 heteroatoms. The maximum absolute atomic E-state index is 8.57. The van der Waals surface area contributed by atoms with E-state index < -0.39 is 0 Å². The van der Waals surface area contributed by atoms with Gasteiger partial charge in [-0.1, -0.05) is 0 Å². The Morgan fingerprint density at radius 3 is 2.33 bits per heavy atom. The molecule has 0 saturated heterocycles. The SMILES string of the molecule is C/C=C(/OCCO)N(CC)CC. The van der Waals surface area contributed by atoms with Crippen molar-refractivity contribution in [1.82, 2.24) is 4.90 Å². The third-order valence-corrected chi connectivity index (χ3v) is 1.66. The highest BCUT2D eigenvalue weighted by Gasteiger charge is 2.03. The average molecular weight is 173 g/mol. The molecule has 72 valence electrons. The molecule has 0 aromatic carbocycles. The quantitative estimate of drug-likeness (QED) is 0.613. The van der Waals surface area contributed by atoms with Crippen molar-refractivity contribution in [2.75, 3.05) is 26.3 Å². The van der Waals surface area contributed by atoms with Crippen LogP contribution in [0.3, 0.4) is 0 Å². The fraction of sp³-hybridized carbons (Fsp3) is 0.778. The Hall–Kier alpha value is -0.700. The smallest absolute Gasteiger partial charge is 0.184 e. The number of aliphatic hydroxyl groups is 1. The van der Waals surface area contributed by atoms with E-state index in [0.717, 1.165) is 19.0 Å². The Balaban J connectivity index is 3.95. The minimum atomic E-state index is 0.0681. The number of allylic oxidation sites excluding steroid dienone is 1. The van der Waals surface area contributed by atoms with E-state index in [1.165, 1.54) is 0 Å². The Morgan fingerprint density at radius 2 is 2.00 bits per heavy atom. The lowest BCUT2D eigenvalue weighted by molar-refractivity contribution is 0.0863. The summed E-state index contributed by atoms with van der Waals surface area (Å²) in [5, 5.41) is 8.57. The Kier molecular flexibility index (Phi) is 6.57. The van der Waals surface area contributed by atoms with Crippen molar-refractivity contribution in [2.24, 2.45) is 0 Å². The van der Waals surface area contributed by atoms with E-state index in [4.69, 9.17) is 9.84 Å². The van der Waals surface area contributed by atoms with Crippen molar-refractivity contribution in [3.05, 3.63) is 12.0 Å². The first-order valence-corrected chi connectivity index (χ1v) is 4.45. The fourth-order valence-corrected chi connectivity index (χ4v) is 1.04. The molecule has 0 fully saturated rings. The zero-order valence-corrected chi connectivity index (χ0v) is 8.21. The van der Waals surface area contributed by atoms with E-state index in [0.29, 0.717) is 6.61 Å². The van der Waals surface area contributed by atoms with Gasteiger partial charge in [0.05, 0.1) is 6.61 Å². The summed E-state index contributed by atoms with van der Waals surface area (Å²) < 4.78 is 5.32. The summed E-state index contributed by atoms with van der Waals surface area (Å²) in [5.41, 5.74) is 0. The van der Waals surface area contributed by atoms with E-state index in [1.807, 2.05) is 13.0 Å². The van der Waals surface area contributed by atoms with E-state index in [1.54, 1.807) is 0 Å². The molecule has 0 aromatic rings. The van der Waals surface area contributed by atoms with Crippen LogP contribution in [0.5, 0.6) is 0 Å². The predicted octanol–water partition coefficient (Wildman–Crippen LogP) is 1.20. The maximum atomic E-state index is 8.57. The molecule has 0 unspecified atom stereocenters. The van der Waals surface area contributed by atoms with Crippen molar-refractivity contribution in [2.45, 2.75) is 20.8 Å². The topological polar surface area (TPSA) is 32.7 Å². The van der Waals surface area contributed by atoms with E-state index in [-0.39, 0.29) is 6.61 Å². The predicted molar refractivity (Wildman–Crippen MR) is 49.7 cm³/mol. The third-order valence-electron chi connectivity index (χ3n) is 1.66. The van der Waals surface area contributed by atoms with Gasteiger partial charge in [-0.25, -0.2) is 0 Å². The first-order chi connectivity index (χ1) is 5.79. The van der Waals surface area contributed by atoms with Crippen molar-refractivity contribution in [3.63, 3.8) is 0 Å². The van der Waals surface area contributed by atoms with Crippen LogP contribution in [0.1, 0.15) is 20.8 Å². The summed E-state index contributed by atoms with van der Waals surface area (Å²) in [6.07, 6.45) is 1.92. The summed E-state index contributed by atoms with van der Waals surface area (Å²) >= 11 is 0. The number of rotatable bonds is 6. The first-order valence-electron chi connectivity index (χ1n) is 4.45. The summed E-state index contributed by atoms with van der Waals surface area (Å²) in [4.78, 5) is 2.11. The van der Waals surface area contributed by atoms with E-state index in [2.05, 4.69) is 18.7 Å². The maximum Gasteiger partial charge on any atom is 0.184 e. The molecule has 0 rings (SSSR count). The highest BCUT2D eigenvalue weighted by molar-refractivity contribution is 4.89. The molecular formula is C9H19NO2. The van der Waals surface area contributed by atoms with Gasteiger partial charge in [0.2, 0.25) is 0 Å². The molecule has 12 heavy (non-hydrogen) atoms. The lowest BCUT2D eigenvalue weighted by atomic mass is 10.5. The molecule has 1 N–H and O–H groups in total. The third kappa shape index (κ3) is 3.62. The molecule has 0 aromatic heterocycles. The summed E-state index contributed by atoms with van der Waals surface area (Å²) in [5.74, 6) is 0.856. The lowest BCUT2D eigenvalue weighted by Crippen LogP contribution is -2.24. The van der Waals surface area contributed by atoms with Gasteiger partial charge in [0.15, 0.2) is 5.88 Å². The molecule has 0 amide bonds. The Morgan fingerprint density at radius 1 is 1.42 bits per heavy atom. The number of hydrogen-bond acceptors (Lipinski definition) is 3. The van der Waals surface area contributed by atoms with Crippen LogP contribution in [0.25, 0.3) is 0 Å². The molecule has 3 nitrogen and oxygen atoms in total. The largest absolute Gasteiger partial charge is 0.477 e. The van der Waals surface area contributed by atoms with Crippen LogP contribution in [-0.2, 0) is 4.74 Å². The molecule has 0 aliphatic rings. The van der Waals surface area contributed by atoms with Crippen molar-refractivity contribution >= 4 is 0 Å². The van der Waals surface area contributed by atoms with Crippen molar-refractivity contribution in [1.29, 1.82) is 0 Å². The fourth-order valence-electron chi connectivity index (χ4n) is 1.04. The normalized spacial score (nSPS) is 11.5. The monoisotopic (exact) mass is 173 g/mol. The van der Waals surface area contributed by atoms with Gasteiger partial charge in [0, 0.05) is 13.1 Å². The number of aliphatic hydroxyl groups excluding tert-OH is 1. The Labute approximate surface area is 74.6 Å². The molecule has 0 aliphatic heterocycles. The van der Waals surface area contributed by atoms with Crippen LogP contribution in [0.15, 0.2) is 12.0 Å². The Bertz CT molecular complexity index is 130. The van der Waals surface area contributed by atoms with Gasteiger partial charge in [-0.2, -0.15) is 0 Å². The molecule has 0 bridgehead atoms. The van der Waals surface area contributed by atoms with Crippen LogP contribution in [0.4, 0.5) is 0 Å². The van der Waals surface area contributed by atoms with Crippen LogP contribution in [-0.4, -0.2) is 36.3 Å². The van der Waals surface area contributed by atoms with Gasteiger partial charge in [-0.3, -0.25) is 0 Å². The number of ether oxygens (including phenoxy) is 1. The van der Waals surface area contributed by atoms with Gasteiger partial charge in [0.1, 0.15) is 6.61 Å².